The summed E-state index contributed by atoms with van der Waals surface area (Å²) in [6.07, 6.45) is -0.0297. The molecule has 0 aromatic heterocycles. The number of rotatable bonds is 7. The predicted molar refractivity (Wildman–Crippen MR) is 100 cm³/mol. The second-order valence-corrected chi connectivity index (χ2v) is 7.17. The topological polar surface area (TPSA) is 119 Å². The molecular weight excluding hydrogens is 368 g/mol. The first-order valence-electron chi connectivity index (χ1n) is 8.28. The van der Waals surface area contributed by atoms with Gasteiger partial charge in [0.1, 0.15) is 5.75 Å². The molecule has 8 heteroatoms. The van der Waals surface area contributed by atoms with Crippen molar-refractivity contribution < 1.29 is 24.2 Å². The van der Waals surface area contributed by atoms with Crippen LogP contribution in [0.5, 0.6) is 5.75 Å². The number of fused-ring (bicyclic) bond motifs is 1. The molecule has 0 fully saturated rings. The van der Waals surface area contributed by atoms with Crippen LogP contribution in [0.4, 0.5) is 5.69 Å². The van der Waals surface area contributed by atoms with Crippen LogP contribution in [0.25, 0.3) is 0 Å². The lowest BCUT2D eigenvalue weighted by molar-refractivity contribution is -0.137. The lowest BCUT2D eigenvalue weighted by Gasteiger charge is -2.18. The number of benzene rings is 2. The average Bonchev–Trinajstić information content (AvgIpc) is 2.66. The van der Waals surface area contributed by atoms with Gasteiger partial charge in [0.05, 0.1) is 11.7 Å². The molecule has 27 heavy (non-hydrogen) atoms. The van der Waals surface area contributed by atoms with Gasteiger partial charge in [-0.15, -0.1) is 0 Å². The third-order valence-corrected chi connectivity index (χ3v) is 4.96. The Labute approximate surface area is 159 Å². The van der Waals surface area contributed by atoms with Crippen molar-refractivity contribution in [1.29, 1.82) is 0 Å². The van der Waals surface area contributed by atoms with E-state index in [1.165, 1.54) is 11.8 Å². The molecule has 3 rings (SSSR count). The zero-order valence-electron chi connectivity index (χ0n) is 14.3. The summed E-state index contributed by atoms with van der Waals surface area (Å²) in [5.41, 5.74) is 6.87. The van der Waals surface area contributed by atoms with Crippen molar-refractivity contribution in [3.05, 3.63) is 48.0 Å². The van der Waals surface area contributed by atoms with Gasteiger partial charge in [0.25, 0.3) is 5.91 Å². The van der Waals surface area contributed by atoms with Gasteiger partial charge in [-0.1, -0.05) is 23.9 Å². The van der Waals surface area contributed by atoms with E-state index in [2.05, 4.69) is 5.32 Å². The quantitative estimate of drug-likeness (QED) is 0.626. The van der Waals surface area contributed by atoms with E-state index < -0.39 is 12.0 Å². The van der Waals surface area contributed by atoms with Gasteiger partial charge in [0, 0.05) is 21.8 Å². The number of Topliss-reactive ketones (excluding diaryl/α,β-unsaturated/α-hetero) is 1. The lowest BCUT2D eigenvalue weighted by atomic mass is 10.0. The molecule has 140 valence electrons. The number of carbonyl (C=O) groups excluding carboxylic acids is 2. The number of nitrogens with one attached hydrogen (secondary N) is 1. The zero-order valence-corrected chi connectivity index (χ0v) is 15.1. The molecule has 2 aromatic rings. The van der Waals surface area contributed by atoms with Gasteiger partial charge in [-0.05, 0) is 36.8 Å². The fourth-order valence-electron chi connectivity index (χ4n) is 2.57. The maximum atomic E-state index is 12.2. The zero-order chi connectivity index (χ0) is 19.4. The van der Waals surface area contributed by atoms with Crippen molar-refractivity contribution in [3.8, 4) is 5.75 Å². The monoisotopic (exact) mass is 386 g/mol. The first-order valence-corrected chi connectivity index (χ1v) is 9.10. The van der Waals surface area contributed by atoms with Crippen molar-refractivity contribution >= 4 is 35.1 Å². The van der Waals surface area contributed by atoms with Crippen molar-refractivity contribution in [2.45, 2.75) is 28.7 Å². The second kappa shape index (κ2) is 8.24. The fraction of sp³-hybridized carbons (Fsp3) is 0.211. The minimum Gasteiger partial charge on any atom is -0.482 e. The number of carboxylic acid groups (broad SMARTS) is 1. The van der Waals surface area contributed by atoms with Crippen LogP contribution >= 0.6 is 11.8 Å². The Morgan fingerprint density at radius 2 is 1.89 bits per heavy atom. The van der Waals surface area contributed by atoms with Gasteiger partial charge in [-0.3, -0.25) is 14.4 Å². The molecule has 1 heterocycles. The SMILES string of the molecule is N[C@@H](CCC(=O)O)C(=O)c1ccc(Sc2ccc3c(c2)OCC(=O)N3)cc1. The van der Waals surface area contributed by atoms with Crippen LogP contribution in [0.15, 0.2) is 52.3 Å². The molecule has 0 radical (unpaired) electrons. The molecule has 1 aliphatic heterocycles. The number of ketones is 1. The van der Waals surface area contributed by atoms with Crippen LogP contribution in [0.1, 0.15) is 23.2 Å². The molecule has 7 nitrogen and oxygen atoms in total. The largest absolute Gasteiger partial charge is 0.482 e. The fourth-order valence-corrected chi connectivity index (χ4v) is 3.41. The number of hydrogen-bond donors (Lipinski definition) is 3. The Bertz CT molecular complexity index is 882. The molecule has 0 saturated carbocycles. The number of carboxylic acids is 1. The van der Waals surface area contributed by atoms with Gasteiger partial charge in [0.2, 0.25) is 0 Å². The summed E-state index contributed by atoms with van der Waals surface area (Å²) in [6, 6.07) is 11.7. The van der Waals surface area contributed by atoms with Crippen molar-refractivity contribution in [2.75, 3.05) is 11.9 Å². The minimum atomic E-state index is -0.974. The maximum absolute atomic E-state index is 12.2. The predicted octanol–water partition coefficient (Wildman–Crippen LogP) is 2.54. The van der Waals surface area contributed by atoms with Crippen LogP contribution in [-0.4, -0.2) is 35.4 Å². The first kappa shape index (κ1) is 18.9. The van der Waals surface area contributed by atoms with Crippen molar-refractivity contribution in [3.63, 3.8) is 0 Å². The van der Waals surface area contributed by atoms with Gasteiger partial charge < -0.3 is 20.9 Å². The van der Waals surface area contributed by atoms with Gasteiger partial charge in [0.15, 0.2) is 12.4 Å². The van der Waals surface area contributed by atoms with Crippen LogP contribution in [0.2, 0.25) is 0 Å². The van der Waals surface area contributed by atoms with E-state index in [1.54, 1.807) is 18.2 Å². The summed E-state index contributed by atoms with van der Waals surface area (Å²) in [5.74, 6) is -0.801. The molecule has 0 saturated heterocycles. The van der Waals surface area contributed by atoms with Crippen LogP contribution in [0, 0.1) is 0 Å². The summed E-state index contributed by atoms with van der Waals surface area (Å²) in [4.78, 5) is 36.0. The number of amides is 1. The number of hydrogen-bond acceptors (Lipinski definition) is 6. The van der Waals surface area contributed by atoms with Crippen LogP contribution in [0.3, 0.4) is 0 Å². The Morgan fingerprint density at radius 3 is 2.59 bits per heavy atom. The van der Waals surface area contributed by atoms with Gasteiger partial charge >= 0.3 is 5.97 Å². The standard InChI is InChI=1S/C19H18N2O5S/c20-14(6-8-18(23)24)19(25)11-1-3-12(4-2-11)27-13-5-7-15-16(9-13)26-10-17(22)21-15/h1-5,7,9,14H,6,8,10,20H2,(H,21,22)(H,23,24)/t14-/m0/s1. The van der Waals surface area contributed by atoms with E-state index in [0.29, 0.717) is 17.0 Å². The molecule has 2 aromatic carbocycles. The highest BCUT2D eigenvalue weighted by molar-refractivity contribution is 7.99. The average molecular weight is 386 g/mol. The summed E-state index contributed by atoms with van der Waals surface area (Å²) in [6.45, 7) is 0.0000618. The maximum Gasteiger partial charge on any atom is 0.303 e. The summed E-state index contributed by atoms with van der Waals surface area (Å²) < 4.78 is 5.41. The van der Waals surface area contributed by atoms with Crippen molar-refractivity contribution in [2.24, 2.45) is 5.73 Å². The number of carbonyl (C=O) groups is 3. The molecular formula is C19H18N2O5S. The second-order valence-electron chi connectivity index (χ2n) is 6.02. The van der Waals surface area contributed by atoms with Crippen LogP contribution in [-0.2, 0) is 9.59 Å². The Morgan fingerprint density at radius 1 is 1.19 bits per heavy atom. The summed E-state index contributed by atoms with van der Waals surface area (Å²) in [5, 5.41) is 11.4. The van der Waals surface area contributed by atoms with E-state index in [1.807, 2.05) is 24.3 Å². The Balaban J connectivity index is 1.65. The summed E-state index contributed by atoms with van der Waals surface area (Å²) in [7, 11) is 0. The minimum absolute atomic E-state index is 0.0000618. The summed E-state index contributed by atoms with van der Waals surface area (Å²) >= 11 is 1.49. The highest BCUT2D eigenvalue weighted by atomic mass is 32.2. The van der Waals surface area contributed by atoms with E-state index >= 15 is 0 Å². The number of aliphatic carboxylic acids is 1. The first-order chi connectivity index (χ1) is 12.9. The third kappa shape index (κ3) is 4.87. The third-order valence-electron chi connectivity index (χ3n) is 3.97. The normalized spacial score (nSPS) is 13.9. The lowest BCUT2D eigenvalue weighted by Crippen LogP contribution is -2.31. The smallest absolute Gasteiger partial charge is 0.303 e. The molecule has 1 aliphatic rings. The van der Waals surface area contributed by atoms with Gasteiger partial charge in [-0.25, -0.2) is 0 Å². The Kier molecular flexibility index (Phi) is 5.78. The van der Waals surface area contributed by atoms with E-state index in [0.717, 1.165) is 9.79 Å². The molecule has 1 amide bonds. The molecule has 1 atom stereocenters. The van der Waals surface area contributed by atoms with E-state index in [4.69, 9.17) is 15.6 Å². The Hall–Kier alpha value is -2.84. The highest BCUT2D eigenvalue weighted by Gasteiger charge is 2.18. The van der Waals surface area contributed by atoms with Gasteiger partial charge in [-0.2, -0.15) is 0 Å². The molecule has 0 bridgehead atoms. The van der Waals surface area contributed by atoms with E-state index in [-0.39, 0.29) is 31.1 Å². The van der Waals surface area contributed by atoms with Crippen molar-refractivity contribution in [1.82, 2.24) is 0 Å². The van der Waals surface area contributed by atoms with E-state index in [9.17, 15) is 14.4 Å². The number of anilines is 1. The molecule has 4 N–H and O–H groups in total. The highest BCUT2D eigenvalue weighted by Crippen LogP contribution is 2.35. The van der Waals surface area contributed by atoms with Crippen LogP contribution < -0.4 is 15.8 Å². The number of nitrogens with two attached hydrogens (primary N) is 1. The molecule has 0 unspecified atom stereocenters. The molecule has 0 spiro atoms. The molecule has 0 aliphatic carbocycles. The number of ether oxygens (including phenoxy) is 1.